The fraction of sp³-hybridized carbons (Fsp3) is 0.304. The number of hydrogen-bond acceptors (Lipinski definition) is 5. The topological polar surface area (TPSA) is 81.4 Å². The Kier molecular flexibility index (Phi) is 6.70. The minimum Gasteiger partial charge on any atom is -0.374 e. The number of hydrogen-bond donors (Lipinski definition) is 1. The molecule has 1 aliphatic heterocycles. The fourth-order valence-electron chi connectivity index (χ4n) is 3.93. The molecular weight excluding hydrogens is 544 g/mol. The average Bonchev–Trinajstić information content (AvgIpc) is 3.37. The minimum absolute atomic E-state index is 0.00607. The van der Waals surface area contributed by atoms with E-state index in [0.717, 1.165) is 16.8 Å². The molecule has 0 bridgehead atoms. The quantitative estimate of drug-likeness (QED) is 0.366. The van der Waals surface area contributed by atoms with Gasteiger partial charge < -0.3 is 4.84 Å². The van der Waals surface area contributed by atoms with E-state index in [4.69, 9.17) is 28.0 Å². The number of aromatic nitrogens is 3. The molecule has 1 aliphatic rings. The number of nitrogens with one attached hydrogen (secondary N) is 1. The number of carbonyl (C=O) groups excluding carboxylic acids is 1. The molecule has 4 rings (SSSR count). The second-order valence-corrected chi connectivity index (χ2v) is 9.42. The highest BCUT2D eigenvalue weighted by Crippen LogP contribution is 2.49. The summed E-state index contributed by atoms with van der Waals surface area (Å²) in [5.41, 5.74) is -2.32. The van der Waals surface area contributed by atoms with Crippen molar-refractivity contribution in [3.63, 3.8) is 0 Å². The van der Waals surface area contributed by atoms with Gasteiger partial charge in [0.1, 0.15) is 0 Å². The van der Waals surface area contributed by atoms with E-state index >= 15 is 0 Å². The summed E-state index contributed by atoms with van der Waals surface area (Å²) in [6.07, 6.45) is -5.52. The lowest BCUT2D eigenvalue weighted by Crippen LogP contribution is -2.42. The second kappa shape index (κ2) is 9.25. The molecule has 2 heterocycles. The monoisotopic (exact) mass is 561 g/mol. The zero-order valence-electron chi connectivity index (χ0n) is 19.4. The Labute approximate surface area is 217 Å². The van der Waals surface area contributed by atoms with Crippen molar-refractivity contribution in [2.75, 3.05) is 5.32 Å². The van der Waals surface area contributed by atoms with Crippen molar-refractivity contribution in [1.29, 1.82) is 0 Å². The van der Waals surface area contributed by atoms with E-state index in [1.165, 1.54) is 31.3 Å². The van der Waals surface area contributed by atoms with Gasteiger partial charge in [0.15, 0.2) is 5.82 Å². The number of rotatable bonds is 5. The first-order valence-electron chi connectivity index (χ1n) is 10.6. The maximum Gasteiger partial charge on any atom is 0.435 e. The van der Waals surface area contributed by atoms with Crippen LogP contribution in [0.25, 0.3) is 0 Å². The Hall–Kier alpha value is -3.25. The predicted molar refractivity (Wildman–Crippen MR) is 126 cm³/mol. The van der Waals surface area contributed by atoms with Crippen LogP contribution in [0.5, 0.6) is 0 Å². The van der Waals surface area contributed by atoms with Crippen molar-refractivity contribution in [3.8, 4) is 0 Å². The van der Waals surface area contributed by atoms with Crippen molar-refractivity contribution in [3.05, 3.63) is 74.5 Å². The van der Waals surface area contributed by atoms with Crippen LogP contribution in [0, 0.1) is 6.92 Å². The number of oxime groups is 1. The number of anilines is 1. The molecule has 14 heteroatoms. The Balaban J connectivity index is 1.58. The minimum atomic E-state index is -4.86. The summed E-state index contributed by atoms with van der Waals surface area (Å²) in [4.78, 5) is 21.3. The smallest absolute Gasteiger partial charge is 0.374 e. The van der Waals surface area contributed by atoms with Gasteiger partial charge >= 0.3 is 12.1 Å². The van der Waals surface area contributed by atoms with Gasteiger partial charge in [-0.1, -0.05) is 34.4 Å². The first kappa shape index (κ1) is 26.8. The summed E-state index contributed by atoms with van der Waals surface area (Å²) in [6.45, 7) is 2.20. The van der Waals surface area contributed by atoms with E-state index in [2.05, 4.69) is 20.6 Å². The van der Waals surface area contributed by atoms with Crippen LogP contribution < -0.4 is 5.32 Å². The fourth-order valence-corrected chi connectivity index (χ4v) is 4.46. The average molecular weight is 562 g/mol. The lowest BCUT2D eigenvalue weighted by atomic mass is 9.86. The molecule has 1 aromatic heterocycles. The van der Waals surface area contributed by atoms with E-state index in [1.807, 2.05) is 0 Å². The zero-order chi connectivity index (χ0) is 27.3. The molecule has 1 amide bonds. The third kappa shape index (κ3) is 5.12. The number of nitrogens with zero attached hydrogens (tertiary/aromatic N) is 4. The molecule has 1 unspecified atom stereocenters. The molecule has 7 nitrogen and oxygen atoms in total. The van der Waals surface area contributed by atoms with E-state index in [1.54, 1.807) is 6.92 Å². The van der Waals surface area contributed by atoms with Gasteiger partial charge in [-0.15, -0.1) is 5.10 Å². The van der Waals surface area contributed by atoms with Crippen molar-refractivity contribution < 1.29 is 31.6 Å². The Morgan fingerprint density at radius 2 is 1.76 bits per heavy atom. The van der Waals surface area contributed by atoms with Gasteiger partial charge in [-0.3, -0.25) is 10.1 Å². The summed E-state index contributed by atoms with van der Waals surface area (Å²) in [7, 11) is 1.26. The Bertz CT molecular complexity index is 1400. The van der Waals surface area contributed by atoms with Crippen LogP contribution in [-0.2, 0) is 23.4 Å². The molecule has 2 aromatic carbocycles. The summed E-state index contributed by atoms with van der Waals surface area (Å²) < 4.78 is 70.7. The van der Waals surface area contributed by atoms with Crippen molar-refractivity contribution in [2.45, 2.75) is 38.0 Å². The molecule has 196 valence electrons. The maximum atomic E-state index is 14.2. The van der Waals surface area contributed by atoms with Gasteiger partial charge in [0.25, 0.3) is 11.5 Å². The van der Waals surface area contributed by atoms with E-state index in [9.17, 15) is 26.7 Å². The van der Waals surface area contributed by atoms with Crippen molar-refractivity contribution in [1.82, 2.24) is 14.8 Å². The highest BCUT2D eigenvalue weighted by Gasteiger charge is 2.62. The molecule has 1 N–H and O–H groups in total. The van der Waals surface area contributed by atoms with Gasteiger partial charge in [-0.25, -0.2) is 4.68 Å². The van der Waals surface area contributed by atoms with Crippen LogP contribution >= 0.6 is 23.2 Å². The van der Waals surface area contributed by atoms with Crippen LogP contribution in [0.4, 0.5) is 27.9 Å². The van der Waals surface area contributed by atoms with Gasteiger partial charge in [-0.05, 0) is 48.4 Å². The van der Waals surface area contributed by atoms with Crippen molar-refractivity contribution >= 4 is 40.8 Å². The third-order valence-corrected chi connectivity index (χ3v) is 6.14. The van der Waals surface area contributed by atoms with Gasteiger partial charge in [0, 0.05) is 41.6 Å². The van der Waals surface area contributed by atoms with Crippen molar-refractivity contribution in [2.24, 2.45) is 12.2 Å². The lowest BCUT2D eigenvalue weighted by molar-refractivity contribution is -0.275. The molecule has 0 aliphatic carbocycles. The number of aryl methyl sites for hydroxylation is 2. The van der Waals surface area contributed by atoms with Gasteiger partial charge in [-0.2, -0.15) is 26.9 Å². The Morgan fingerprint density at radius 3 is 2.30 bits per heavy atom. The summed E-state index contributed by atoms with van der Waals surface area (Å²) >= 11 is 11.8. The highest BCUT2D eigenvalue weighted by atomic mass is 35.5. The number of carbonyl (C=O) groups is 1. The summed E-state index contributed by atoms with van der Waals surface area (Å²) in [5, 5.41) is 9.82. The second-order valence-electron chi connectivity index (χ2n) is 8.54. The maximum absolute atomic E-state index is 14.2. The molecule has 37 heavy (non-hydrogen) atoms. The first-order chi connectivity index (χ1) is 17.1. The van der Waals surface area contributed by atoms with Crippen LogP contribution in [0.1, 0.15) is 46.2 Å². The van der Waals surface area contributed by atoms with E-state index in [0.29, 0.717) is 12.5 Å². The molecule has 3 aromatic rings. The molecular formula is C23H18Cl2F5N5O2. The normalized spacial score (nSPS) is 17.9. The van der Waals surface area contributed by atoms with E-state index < -0.39 is 35.9 Å². The standard InChI is InChI=1S/C23H18Cl2F5N5O2/c1-11-6-12(4-5-16(11)18(36)31-20-32-19(21(2,26)27)35(3)33-20)17-10-22(37-34-17,23(28,29)30)13-7-14(24)9-15(25)8-13/h4-9H,10H2,1-3H3,(H,31,33,36). The molecule has 0 saturated heterocycles. The molecule has 0 fully saturated rings. The molecule has 0 radical (unpaired) electrons. The lowest BCUT2D eigenvalue weighted by Gasteiger charge is -2.29. The summed E-state index contributed by atoms with van der Waals surface area (Å²) in [6, 6.07) is 7.76. The van der Waals surface area contributed by atoms with Crippen LogP contribution in [0.2, 0.25) is 10.0 Å². The van der Waals surface area contributed by atoms with Gasteiger partial charge in [0.05, 0.1) is 5.71 Å². The largest absolute Gasteiger partial charge is 0.435 e. The number of halogens is 7. The summed E-state index contributed by atoms with van der Waals surface area (Å²) in [5.74, 6) is -4.92. The Morgan fingerprint density at radius 1 is 1.11 bits per heavy atom. The number of amides is 1. The van der Waals surface area contributed by atoms with Crippen LogP contribution in [0.15, 0.2) is 41.6 Å². The molecule has 1 atom stereocenters. The van der Waals surface area contributed by atoms with Gasteiger partial charge in [0.2, 0.25) is 5.95 Å². The SMILES string of the molecule is Cc1cc(C2=NOC(c3cc(Cl)cc(Cl)c3)(C(F)(F)F)C2)ccc1C(=O)Nc1nc(C(C)(F)F)n(C)n1. The predicted octanol–water partition coefficient (Wildman–Crippen LogP) is 6.38. The zero-order valence-corrected chi connectivity index (χ0v) is 20.9. The van der Waals surface area contributed by atoms with Crippen LogP contribution in [0.3, 0.4) is 0 Å². The highest BCUT2D eigenvalue weighted by molar-refractivity contribution is 6.34. The number of benzene rings is 2. The third-order valence-electron chi connectivity index (χ3n) is 5.70. The van der Waals surface area contributed by atoms with Crippen LogP contribution in [-0.4, -0.2) is 32.6 Å². The first-order valence-corrected chi connectivity index (χ1v) is 11.4. The molecule has 0 saturated carbocycles. The van der Waals surface area contributed by atoms with E-state index in [-0.39, 0.29) is 38.4 Å². The molecule has 0 spiro atoms. The number of alkyl halides is 5.